The number of thioether (sulfide) groups is 1. The van der Waals surface area contributed by atoms with Crippen molar-refractivity contribution in [1.29, 1.82) is 0 Å². The molecule has 1 aromatic carbocycles. The zero-order valence-corrected chi connectivity index (χ0v) is 11.0. The fraction of sp³-hybridized carbons (Fsp3) is 0.538. The van der Waals surface area contributed by atoms with Crippen LogP contribution in [0.2, 0.25) is 0 Å². The summed E-state index contributed by atoms with van der Waals surface area (Å²) in [7, 11) is 1.76. The summed E-state index contributed by atoms with van der Waals surface area (Å²) in [6, 6.07) is 4.47. The first-order valence-corrected chi connectivity index (χ1v) is 6.92. The SMILES string of the molecule is COc1cc(C)c(SC)cc1C1CCNC1. The predicted octanol–water partition coefficient (Wildman–Crippen LogP) is 2.80. The largest absolute Gasteiger partial charge is 0.496 e. The molecule has 2 nitrogen and oxygen atoms in total. The van der Waals surface area contributed by atoms with Crippen LogP contribution in [0.15, 0.2) is 17.0 Å². The van der Waals surface area contributed by atoms with Crippen LogP contribution in [0.3, 0.4) is 0 Å². The van der Waals surface area contributed by atoms with E-state index in [2.05, 4.69) is 30.6 Å². The normalized spacial score (nSPS) is 20.1. The van der Waals surface area contributed by atoms with Crippen molar-refractivity contribution < 1.29 is 4.74 Å². The molecule has 0 spiro atoms. The zero-order valence-electron chi connectivity index (χ0n) is 10.2. The van der Waals surface area contributed by atoms with E-state index in [1.807, 2.05) is 11.8 Å². The highest BCUT2D eigenvalue weighted by Crippen LogP contribution is 2.35. The van der Waals surface area contributed by atoms with Gasteiger partial charge in [-0.05, 0) is 49.4 Å². The van der Waals surface area contributed by atoms with Crippen molar-refractivity contribution in [1.82, 2.24) is 5.32 Å². The summed E-state index contributed by atoms with van der Waals surface area (Å²) in [4.78, 5) is 1.36. The molecule has 0 aromatic heterocycles. The van der Waals surface area contributed by atoms with E-state index in [0.717, 1.165) is 18.8 Å². The molecule has 0 amide bonds. The summed E-state index contributed by atoms with van der Waals surface area (Å²) in [5.41, 5.74) is 2.67. The summed E-state index contributed by atoms with van der Waals surface area (Å²) < 4.78 is 5.50. The standard InChI is InChI=1S/C13H19NOS/c1-9-6-12(15-2)11(7-13(9)16-3)10-4-5-14-8-10/h6-7,10,14H,4-5,8H2,1-3H3. The lowest BCUT2D eigenvalue weighted by Crippen LogP contribution is -2.09. The molecule has 1 aromatic rings. The average molecular weight is 237 g/mol. The van der Waals surface area contributed by atoms with E-state index in [0.29, 0.717) is 5.92 Å². The highest BCUT2D eigenvalue weighted by Gasteiger charge is 2.21. The molecular formula is C13H19NOS. The number of nitrogens with one attached hydrogen (secondary N) is 1. The molecule has 1 saturated heterocycles. The van der Waals surface area contributed by atoms with Crippen LogP contribution in [0.25, 0.3) is 0 Å². The Hall–Kier alpha value is -0.670. The van der Waals surface area contributed by atoms with Crippen LogP contribution in [0.4, 0.5) is 0 Å². The Morgan fingerprint density at radius 2 is 2.25 bits per heavy atom. The lowest BCUT2D eigenvalue weighted by Gasteiger charge is -2.16. The number of ether oxygens (including phenoxy) is 1. The Morgan fingerprint density at radius 3 is 2.81 bits per heavy atom. The lowest BCUT2D eigenvalue weighted by molar-refractivity contribution is 0.405. The first-order valence-electron chi connectivity index (χ1n) is 5.69. The molecule has 1 atom stereocenters. The maximum absolute atomic E-state index is 5.50. The first kappa shape index (κ1) is 11.8. The van der Waals surface area contributed by atoms with E-state index in [9.17, 15) is 0 Å². The van der Waals surface area contributed by atoms with Gasteiger partial charge in [0.05, 0.1) is 7.11 Å². The Kier molecular flexibility index (Phi) is 3.77. The third-order valence-electron chi connectivity index (χ3n) is 3.25. The van der Waals surface area contributed by atoms with Gasteiger partial charge in [-0.2, -0.15) is 0 Å². The van der Waals surface area contributed by atoms with Crippen LogP contribution in [0.5, 0.6) is 5.75 Å². The van der Waals surface area contributed by atoms with Gasteiger partial charge < -0.3 is 10.1 Å². The first-order chi connectivity index (χ1) is 7.76. The summed E-state index contributed by atoms with van der Waals surface area (Å²) in [5, 5.41) is 3.41. The van der Waals surface area contributed by atoms with Gasteiger partial charge in [-0.25, -0.2) is 0 Å². The van der Waals surface area contributed by atoms with Gasteiger partial charge in [-0.1, -0.05) is 0 Å². The molecular weight excluding hydrogens is 218 g/mol. The second-order valence-corrected chi connectivity index (χ2v) is 5.10. The van der Waals surface area contributed by atoms with Crippen molar-refractivity contribution in [2.24, 2.45) is 0 Å². The minimum absolute atomic E-state index is 0.612. The predicted molar refractivity (Wildman–Crippen MR) is 69.7 cm³/mol. The van der Waals surface area contributed by atoms with E-state index in [-0.39, 0.29) is 0 Å². The minimum Gasteiger partial charge on any atom is -0.496 e. The summed E-state index contributed by atoms with van der Waals surface area (Å²) in [5.74, 6) is 1.66. The number of benzene rings is 1. The van der Waals surface area contributed by atoms with Crippen molar-refractivity contribution in [3.63, 3.8) is 0 Å². The van der Waals surface area contributed by atoms with Gasteiger partial charge in [-0.15, -0.1) is 11.8 Å². The minimum atomic E-state index is 0.612. The molecule has 1 N–H and O–H groups in total. The third kappa shape index (κ3) is 2.20. The molecule has 0 saturated carbocycles. The smallest absolute Gasteiger partial charge is 0.122 e. The zero-order chi connectivity index (χ0) is 11.5. The summed E-state index contributed by atoms with van der Waals surface area (Å²) in [6.45, 7) is 4.34. The summed E-state index contributed by atoms with van der Waals surface area (Å²) >= 11 is 1.81. The summed E-state index contributed by atoms with van der Waals surface area (Å²) in [6.07, 6.45) is 3.35. The highest BCUT2D eigenvalue weighted by atomic mass is 32.2. The molecule has 3 heteroatoms. The third-order valence-corrected chi connectivity index (χ3v) is 4.13. The average Bonchev–Trinajstić information content (AvgIpc) is 2.82. The van der Waals surface area contributed by atoms with E-state index >= 15 is 0 Å². The number of hydrogen-bond donors (Lipinski definition) is 1. The Labute approximate surface area is 102 Å². The van der Waals surface area contributed by atoms with Crippen molar-refractivity contribution >= 4 is 11.8 Å². The molecule has 0 bridgehead atoms. The number of rotatable bonds is 3. The lowest BCUT2D eigenvalue weighted by atomic mass is 9.96. The molecule has 1 fully saturated rings. The van der Waals surface area contributed by atoms with Crippen LogP contribution < -0.4 is 10.1 Å². The van der Waals surface area contributed by atoms with Gasteiger partial charge in [0.25, 0.3) is 0 Å². The highest BCUT2D eigenvalue weighted by molar-refractivity contribution is 7.98. The molecule has 1 aliphatic heterocycles. The van der Waals surface area contributed by atoms with Gasteiger partial charge >= 0.3 is 0 Å². The Balaban J connectivity index is 2.40. The van der Waals surface area contributed by atoms with Gasteiger partial charge in [0.15, 0.2) is 0 Å². The van der Waals surface area contributed by atoms with E-state index in [1.54, 1.807) is 7.11 Å². The quantitative estimate of drug-likeness (QED) is 0.817. The van der Waals surface area contributed by atoms with Gasteiger partial charge in [0, 0.05) is 17.4 Å². The number of aryl methyl sites for hydroxylation is 1. The fourth-order valence-corrected chi connectivity index (χ4v) is 2.94. The molecule has 0 radical (unpaired) electrons. The van der Waals surface area contributed by atoms with Crippen molar-refractivity contribution in [3.8, 4) is 5.75 Å². The second kappa shape index (κ2) is 5.11. The molecule has 1 unspecified atom stereocenters. The van der Waals surface area contributed by atoms with E-state index in [1.165, 1.54) is 22.4 Å². The monoisotopic (exact) mass is 237 g/mol. The molecule has 1 heterocycles. The Bertz CT molecular complexity index is 372. The van der Waals surface area contributed by atoms with Crippen LogP contribution >= 0.6 is 11.8 Å². The molecule has 2 rings (SSSR count). The van der Waals surface area contributed by atoms with Crippen molar-refractivity contribution in [2.45, 2.75) is 24.2 Å². The number of hydrogen-bond acceptors (Lipinski definition) is 3. The molecule has 88 valence electrons. The second-order valence-electron chi connectivity index (χ2n) is 4.25. The van der Waals surface area contributed by atoms with Crippen molar-refractivity contribution in [2.75, 3.05) is 26.5 Å². The van der Waals surface area contributed by atoms with Crippen LogP contribution in [0.1, 0.15) is 23.5 Å². The maximum atomic E-state index is 5.50. The van der Waals surface area contributed by atoms with Crippen LogP contribution in [-0.2, 0) is 0 Å². The molecule has 0 aliphatic carbocycles. The molecule has 1 aliphatic rings. The van der Waals surface area contributed by atoms with Gasteiger partial charge in [0.1, 0.15) is 5.75 Å². The van der Waals surface area contributed by atoms with Gasteiger partial charge in [-0.3, -0.25) is 0 Å². The van der Waals surface area contributed by atoms with Crippen LogP contribution in [0, 0.1) is 6.92 Å². The fourth-order valence-electron chi connectivity index (χ4n) is 2.31. The van der Waals surface area contributed by atoms with E-state index < -0.39 is 0 Å². The molecule has 16 heavy (non-hydrogen) atoms. The number of methoxy groups -OCH3 is 1. The topological polar surface area (TPSA) is 21.3 Å². The Morgan fingerprint density at radius 1 is 1.44 bits per heavy atom. The van der Waals surface area contributed by atoms with Crippen molar-refractivity contribution in [3.05, 3.63) is 23.3 Å². The van der Waals surface area contributed by atoms with Gasteiger partial charge in [0.2, 0.25) is 0 Å². The maximum Gasteiger partial charge on any atom is 0.122 e. The van der Waals surface area contributed by atoms with Crippen LogP contribution in [-0.4, -0.2) is 26.5 Å². The van der Waals surface area contributed by atoms with E-state index in [4.69, 9.17) is 4.74 Å².